The van der Waals surface area contributed by atoms with Crippen molar-refractivity contribution in [2.45, 2.75) is 40.3 Å². The van der Waals surface area contributed by atoms with E-state index in [1.807, 2.05) is 13.8 Å². The van der Waals surface area contributed by atoms with Crippen LogP contribution >= 0.6 is 0 Å². The molecule has 0 saturated heterocycles. The normalized spacial score (nSPS) is 10.7. The largest absolute Gasteiger partial charge is 0.418 e. The van der Waals surface area contributed by atoms with Crippen LogP contribution in [0.3, 0.4) is 0 Å². The monoisotopic (exact) mass is 233 g/mol. The highest BCUT2D eigenvalue weighted by Gasteiger charge is 2.33. The van der Waals surface area contributed by atoms with Crippen LogP contribution in [0.5, 0.6) is 0 Å². The van der Waals surface area contributed by atoms with E-state index in [4.69, 9.17) is 5.73 Å². The van der Waals surface area contributed by atoms with Crippen LogP contribution in [0, 0.1) is 6.92 Å². The molecule has 0 aliphatic rings. The number of aryl methyl sites for hydroxylation is 2. The van der Waals surface area contributed by atoms with Gasteiger partial charge in [-0.05, 0) is 25.0 Å². The van der Waals surface area contributed by atoms with Crippen molar-refractivity contribution in [3.63, 3.8) is 0 Å². The molecule has 92 valence electrons. The Labute approximate surface area is 94.5 Å². The number of nitrogen functional groups attached to an aromatic ring is 1. The Morgan fingerprint density at radius 2 is 1.69 bits per heavy atom. The Balaban J connectivity index is 0.00000106. The van der Waals surface area contributed by atoms with Crippen molar-refractivity contribution < 1.29 is 13.2 Å². The Hall–Kier alpha value is -1.19. The molecule has 0 bridgehead atoms. The van der Waals surface area contributed by atoms with Crippen LogP contribution in [0.25, 0.3) is 0 Å². The lowest BCUT2D eigenvalue weighted by Crippen LogP contribution is -2.11. The lowest BCUT2D eigenvalue weighted by molar-refractivity contribution is -0.137. The maximum atomic E-state index is 12.5. The highest BCUT2D eigenvalue weighted by atomic mass is 19.4. The van der Waals surface area contributed by atoms with Crippen molar-refractivity contribution in [2.24, 2.45) is 0 Å². The summed E-state index contributed by atoms with van der Waals surface area (Å²) in [6.07, 6.45) is -3.85. The van der Waals surface area contributed by atoms with E-state index in [0.29, 0.717) is 17.5 Å². The van der Waals surface area contributed by atoms with Gasteiger partial charge in [-0.25, -0.2) is 0 Å². The van der Waals surface area contributed by atoms with Crippen molar-refractivity contribution in [3.8, 4) is 0 Å². The zero-order chi connectivity index (χ0) is 12.9. The number of rotatable bonds is 1. The van der Waals surface area contributed by atoms with E-state index in [0.717, 1.165) is 6.07 Å². The molecule has 1 aromatic carbocycles. The van der Waals surface area contributed by atoms with Crippen LogP contribution in [0.2, 0.25) is 0 Å². The molecule has 0 amide bonds. The second kappa shape index (κ2) is 5.77. The van der Waals surface area contributed by atoms with Gasteiger partial charge < -0.3 is 5.73 Å². The molecular weight excluding hydrogens is 215 g/mol. The molecule has 0 spiro atoms. The highest BCUT2D eigenvalue weighted by Crippen LogP contribution is 2.35. The average molecular weight is 233 g/mol. The fourth-order valence-corrected chi connectivity index (χ4v) is 1.40. The Kier molecular flexibility index (Phi) is 5.35. The molecule has 0 heterocycles. The topological polar surface area (TPSA) is 26.0 Å². The number of alkyl halides is 3. The van der Waals surface area contributed by atoms with Crippen LogP contribution in [-0.4, -0.2) is 0 Å². The maximum Gasteiger partial charge on any atom is 0.418 e. The van der Waals surface area contributed by atoms with Crippen LogP contribution in [0.15, 0.2) is 12.1 Å². The summed E-state index contributed by atoms with van der Waals surface area (Å²) in [6, 6.07) is 2.76. The number of halogens is 3. The van der Waals surface area contributed by atoms with Crippen molar-refractivity contribution >= 4 is 5.69 Å². The van der Waals surface area contributed by atoms with Gasteiger partial charge in [0.05, 0.1) is 5.56 Å². The molecular formula is C12H18F3N. The van der Waals surface area contributed by atoms with Gasteiger partial charge in [-0.1, -0.05) is 32.4 Å². The van der Waals surface area contributed by atoms with Gasteiger partial charge in [0.2, 0.25) is 0 Å². The predicted octanol–water partition coefficient (Wildman–Crippen LogP) is 4.18. The zero-order valence-electron chi connectivity index (χ0n) is 10.1. The lowest BCUT2D eigenvalue weighted by Gasteiger charge is -2.14. The minimum absolute atomic E-state index is 0.148. The first-order chi connectivity index (χ1) is 7.36. The zero-order valence-corrected chi connectivity index (χ0v) is 10.1. The number of nitrogens with two attached hydrogens (primary N) is 1. The van der Waals surface area contributed by atoms with Crippen LogP contribution in [0.1, 0.15) is 37.5 Å². The molecule has 4 heteroatoms. The minimum atomic E-state index is -4.36. The Bertz CT molecular complexity index is 343. The van der Waals surface area contributed by atoms with Gasteiger partial charge in [-0.2, -0.15) is 13.2 Å². The summed E-state index contributed by atoms with van der Waals surface area (Å²) < 4.78 is 37.4. The summed E-state index contributed by atoms with van der Waals surface area (Å²) >= 11 is 0. The summed E-state index contributed by atoms with van der Waals surface area (Å²) in [6.45, 7) is 7.42. The second-order valence-corrected chi connectivity index (χ2v) is 3.24. The molecule has 0 aliphatic heterocycles. The Morgan fingerprint density at radius 3 is 2.06 bits per heavy atom. The fourth-order valence-electron chi connectivity index (χ4n) is 1.40. The van der Waals surface area contributed by atoms with Gasteiger partial charge in [-0.15, -0.1) is 0 Å². The summed E-state index contributed by atoms with van der Waals surface area (Å²) in [5, 5.41) is 0. The first kappa shape index (κ1) is 14.8. The van der Waals surface area contributed by atoms with Crippen molar-refractivity contribution in [2.75, 3.05) is 5.73 Å². The summed E-state index contributed by atoms with van der Waals surface area (Å²) in [7, 11) is 0. The summed E-state index contributed by atoms with van der Waals surface area (Å²) in [5.74, 6) is 0. The quantitative estimate of drug-likeness (QED) is 0.723. The SMILES string of the molecule is CC.CCc1cc(C)cc(C(F)(F)F)c1N. The molecule has 0 aromatic heterocycles. The van der Waals surface area contributed by atoms with E-state index in [1.165, 1.54) is 0 Å². The third-order valence-corrected chi connectivity index (χ3v) is 2.10. The Morgan fingerprint density at radius 1 is 1.19 bits per heavy atom. The van der Waals surface area contributed by atoms with Crippen molar-refractivity contribution in [3.05, 3.63) is 28.8 Å². The average Bonchev–Trinajstić information content (AvgIpc) is 2.22. The molecule has 0 saturated carbocycles. The molecule has 0 fully saturated rings. The van der Waals surface area contributed by atoms with Crippen LogP contribution in [-0.2, 0) is 12.6 Å². The van der Waals surface area contributed by atoms with Crippen LogP contribution < -0.4 is 5.73 Å². The molecule has 0 unspecified atom stereocenters. The molecule has 16 heavy (non-hydrogen) atoms. The number of anilines is 1. The van der Waals surface area contributed by atoms with Gasteiger partial charge in [0.15, 0.2) is 0 Å². The van der Waals surface area contributed by atoms with Crippen molar-refractivity contribution in [1.29, 1.82) is 0 Å². The minimum Gasteiger partial charge on any atom is -0.398 e. The van der Waals surface area contributed by atoms with Gasteiger partial charge >= 0.3 is 6.18 Å². The third kappa shape index (κ3) is 3.43. The van der Waals surface area contributed by atoms with E-state index in [-0.39, 0.29) is 5.69 Å². The van der Waals surface area contributed by atoms with E-state index in [1.54, 1.807) is 19.9 Å². The first-order valence-corrected chi connectivity index (χ1v) is 5.32. The third-order valence-electron chi connectivity index (χ3n) is 2.10. The van der Waals surface area contributed by atoms with Gasteiger partial charge in [0, 0.05) is 5.69 Å². The number of hydrogen-bond acceptors (Lipinski definition) is 1. The first-order valence-electron chi connectivity index (χ1n) is 5.32. The highest BCUT2D eigenvalue weighted by molar-refractivity contribution is 5.56. The standard InChI is InChI=1S/C10H12F3N.C2H6/c1-3-7-4-6(2)5-8(9(7)14)10(11,12)13;1-2/h4-5H,3,14H2,1-2H3;1-2H3. The van der Waals surface area contributed by atoms with Gasteiger partial charge in [0.25, 0.3) is 0 Å². The summed E-state index contributed by atoms with van der Waals surface area (Å²) in [4.78, 5) is 0. The molecule has 0 atom stereocenters. The maximum absolute atomic E-state index is 12.5. The molecule has 1 aromatic rings. The number of hydrogen-bond donors (Lipinski definition) is 1. The van der Waals surface area contributed by atoms with E-state index < -0.39 is 11.7 Å². The molecule has 0 radical (unpaired) electrons. The molecule has 2 N–H and O–H groups in total. The molecule has 0 aliphatic carbocycles. The van der Waals surface area contributed by atoms with Crippen LogP contribution in [0.4, 0.5) is 18.9 Å². The van der Waals surface area contributed by atoms with E-state index in [2.05, 4.69) is 0 Å². The van der Waals surface area contributed by atoms with Gasteiger partial charge in [0.1, 0.15) is 0 Å². The summed E-state index contributed by atoms with van der Waals surface area (Å²) in [5.41, 5.74) is 5.69. The smallest absolute Gasteiger partial charge is 0.398 e. The van der Waals surface area contributed by atoms with E-state index in [9.17, 15) is 13.2 Å². The molecule has 1 rings (SSSR count). The second-order valence-electron chi connectivity index (χ2n) is 3.24. The molecule has 1 nitrogen and oxygen atoms in total. The fraction of sp³-hybridized carbons (Fsp3) is 0.500. The number of benzene rings is 1. The van der Waals surface area contributed by atoms with Gasteiger partial charge in [-0.3, -0.25) is 0 Å². The van der Waals surface area contributed by atoms with E-state index >= 15 is 0 Å². The lowest BCUT2D eigenvalue weighted by atomic mass is 10.0. The van der Waals surface area contributed by atoms with Crippen molar-refractivity contribution in [1.82, 2.24) is 0 Å². The predicted molar refractivity (Wildman–Crippen MR) is 61.3 cm³/mol.